The Kier molecular flexibility index (Phi) is 5.52. The van der Waals surface area contributed by atoms with E-state index in [-0.39, 0.29) is 0 Å². The largest absolute Gasteiger partial charge is 0.457 e. The average molecular weight is 371 g/mol. The fourth-order valence-corrected chi connectivity index (χ4v) is 4.30. The van der Waals surface area contributed by atoms with Crippen molar-refractivity contribution in [2.45, 2.75) is 52.4 Å². The van der Waals surface area contributed by atoms with E-state index in [9.17, 15) is 0 Å². The summed E-state index contributed by atoms with van der Waals surface area (Å²) in [5.41, 5.74) is 6.43. The minimum Gasteiger partial charge on any atom is -0.457 e. The van der Waals surface area contributed by atoms with Crippen molar-refractivity contribution in [2.24, 2.45) is 5.92 Å². The molecule has 0 radical (unpaired) electrons. The summed E-state index contributed by atoms with van der Waals surface area (Å²) >= 11 is 0. The zero-order valence-corrected chi connectivity index (χ0v) is 17.2. The molecule has 4 rings (SSSR count). The van der Waals surface area contributed by atoms with Crippen LogP contribution in [-0.4, -0.2) is 0 Å². The first-order valence-corrected chi connectivity index (χ1v) is 10.5. The average Bonchev–Trinajstić information content (AvgIpc) is 2.71. The maximum atomic E-state index is 6.06. The summed E-state index contributed by atoms with van der Waals surface area (Å²) in [5.74, 6) is 3.45. The summed E-state index contributed by atoms with van der Waals surface area (Å²) in [6.07, 6.45) is 5.42. The van der Waals surface area contributed by atoms with Gasteiger partial charge in [0.2, 0.25) is 0 Å². The van der Waals surface area contributed by atoms with Crippen molar-refractivity contribution in [1.82, 2.24) is 0 Å². The molecule has 0 unspecified atom stereocenters. The molecule has 0 N–H and O–H groups in total. The lowest BCUT2D eigenvalue weighted by molar-refractivity contribution is 0.348. The Morgan fingerprint density at radius 1 is 0.714 bits per heavy atom. The number of hydrogen-bond acceptors (Lipinski definition) is 1. The Bertz CT molecular complexity index is 913. The van der Waals surface area contributed by atoms with Crippen molar-refractivity contribution in [3.8, 4) is 22.6 Å². The summed E-state index contributed by atoms with van der Waals surface area (Å²) in [7, 11) is 0. The molecule has 0 amide bonds. The highest BCUT2D eigenvalue weighted by Crippen LogP contribution is 2.36. The smallest absolute Gasteiger partial charge is 0.130 e. The number of benzene rings is 3. The van der Waals surface area contributed by atoms with Gasteiger partial charge in [-0.2, -0.15) is 0 Å². The fraction of sp³-hybridized carbons (Fsp3) is 0.333. The van der Waals surface area contributed by atoms with Gasteiger partial charge in [-0.15, -0.1) is 0 Å². The van der Waals surface area contributed by atoms with Crippen LogP contribution in [0.15, 0.2) is 66.7 Å². The van der Waals surface area contributed by atoms with Gasteiger partial charge in [0.1, 0.15) is 11.5 Å². The van der Waals surface area contributed by atoms with Gasteiger partial charge in [0.25, 0.3) is 0 Å². The maximum absolute atomic E-state index is 6.06. The van der Waals surface area contributed by atoms with Gasteiger partial charge in [0, 0.05) is 0 Å². The van der Waals surface area contributed by atoms with Crippen LogP contribution in [0.5, 0.6) is 11.5 Å². The molecule has 1 nitrogen and oxygen atoms in total. The first kappa shape index (κ1) is 18.8. The summed E-state index contributed by atoms with van der Waals surface area (Å²) < 4.78 is 6.06. The van der Waals surface area contributed by atoms with Gasteiger partial charge in [0.15, 0.2) is 0 Å². The van der Waals surface area contributed by atoms with Crippen LogP contribution in [0, 0.1) is 19.8 Å². The molecule has 1 aliphatic rings. The van der Waals surface area contributed by atoms with Crippen molar-refractivity contribution in [3.63, 3.8) is 0 Å². The van der Waals surface area contributed by atoms with Gasteiger partial charge >= 0.3 is 0 Å². The second-order valence-electron chi connectivity index (χ2n) is 8.47. The second kappa shape index (κ2) is 8.22. The van der Waals surface area contributed by atoms with Crippen molar-refractivity contribution in [3.05, 3.63) is 83.4 Å². The van der Waals surface area contributed by atoms with Crippen molar-refractivity contribution in [1.29, 1.82) is 0 Å². The van der Waals surface area contributed by atoms with E-state index in [2.05, 4.69) is 81.4 Å². The normalized spacial score (nSPS) is 19.4. The minimum atomic E-state index is 0.749. The fourth-order valence-electron chi connectivity index (χ4n) is 4.30. The topological polar surface area (TPSA) is 9.23 Å². The third kappa shape index (κ3) is 4.30. The molecule has 1 saturated carbocycles. The van der Waals surface area contributed by atoms with Crippen molar-refractivity contribution in [2.75, 3.05) is 0 Å². The summed E-state index contributed by atoms with van der Waals surface area (Å²) in [4.78, 5) is 0. The molecule has 0 spiro atoms. The standard InChI is InChI=1S/C27H30O/c1-19-4-7-22(8-5-19)23-9-11-24(12-10-23)25-13-15-26(16-14-25)28-27-17-6-20(2)18-21(27)3/h6,9-19,22H,4-5,7-8H2,1-3H3. The highest BCUT2D eigenvalue weighted by Gasteiger charge is 2.19. The van der Waals surface area contributed by atoms with Gasteiger partial charge in [-0.3, -0.25) is 0 Å². The van der Waals surface area contributed by atoms with Gasteiger partial charge in [-0.05, 0) is 79.0 Å². The first-order chi connectivity index (χ1) is 13.6. The van der Waals surface area contributed by atoms with Gasteiger partial charge < -0.3 is 4.74 Å². The van der Waals surface area contributed by atoms with E-state index in [0.717, 1.165) is 28.9 Å². The minimum absolute atomic E-state index is 0.749. The van der Waals surface area contributed by atoms with E-state index in [1.54, 1.807) is 0 Å². The van der Waals surface area contributed by atoms with Crippen LogP contribution in [0.4, 0.5) is 0 Å². The van der Waals surface area contributed by atoms with Gasteiger partial charge in [-0.25, -0.2) is 0 Å². The monoisotopic (exact) mass is 370 g/mol. The Balaban J connectivity index is 1.45. The number of rotatable bonds is 4. The van der Waals surface area contributed by atoms with E-state index < -0.39 is 0 Å². The third-order valence-corrected chi connectivity index (χ3v) is 6.14. The predicted octanol–water partition coefficient (Wildman–Crippen LogP) is 8.06. The molecular weight excluding hydrogens is 340 g/mol. The maximum Gasteiger partial charge on any atom is 0.130 e. The van der Waals surface area contributed by atoms with Crippen molar-refractivity contribution >= 4 is 0 Å². The summed E-state index contributed by atoms with van der Waals surface area (Å²) in [6, 6.07) is 23.9. The molecule has 144 valence electrons. The third-order valence-electron chi connectivity index (χ3n) is 6.14. The SMILES string of the molecule is Cc1ccc(Oc2ccc(-c3ccc(C4CCC(C)CC4)cc3)cc2)c(C)c1. The molecule has 28 heavy (non-hydrogen) atoms. The highest BCUT2D eigenvalue weighted by atomic mass is 16.5. The Hall–Kier alpha value is -2.54. The quantitative estimate of drug-likeness (QED) is 0.451. The van der Waals surface area contributed by atoms with Crippen LogP contribution in [0.3, 0.4) is 0 Å². The summed E-state index contributed by atoms with van der Waals surface area (Å²) in [6.45, 7) is 6.57. The van der Waals surface area contributed by atoms with E-state index in [0.29, 0.717) is 0 Å². The van der Waals surface area contributed by atoms with Gasteiger partial charge in [0.05, 0.1) is 0 Å². The molecule has 3 aromatic carbocycles. The molecule has 1 heteroatoms. The van der Waals surface area contributed by atoms with E-state index in [4.69, 9.17) is 4.74 Å². The lowest BCUT2D eigenvalue weighted by Gasteiger charge is -2.26. The van der Waals surface area contributed by atoms with Crippen molar-refractivity contribution < 1.29 is 4.74 Å². The zero-order chi connectivity index (χ0) is 19.5. The Morgan fingerprint density at radius 2 is 1.32 bits per heavy atom. The van der Waals surface area contributed by atoms with Crippen LogP contribution >= 0.6 is 0 Å². The van der Waals surface area contributed by atoms with E-state index in [1.165, 1.54) is 47.9 Å². The van der Waals surface area contributed by atoms with Crippen LogP contribution in [0.1, 0.15) is 55.2 Å². The molecule has 1 aliphatic carbocycles. The molecule has 1 fully saturated rings. The molecule has 0 bridgehead atoms. The molecule has 0 heterocycles. The van der Waals surface area contributed by atoms with E-state index in [1.807, 2.05) is 6.07 Å². The number of hydrogen-bond donors (Lipinski definition) is 0. The van der Waals surface area contributed by atoms with Crippen LogP contribution in [-0.2, 0) is 0 Å². The summed E-state index contributed by atoms with van der Waals surface area (Å²) in [5, 5.41) is 0. The van der Waals surface area contributed by atoms with Gasteiger partial charge in [-0.1, -0.05) is 73.9 Å². The zero-order valence-electron chi connectivity index (χ0n) is 17.2. The lowest BCUT2D eigenvalue weighted by atomic mass is 9.79. The highest BCUT2D eigenvalue weighted by molar-refractivity contribution is 5.64. The number of aryl methyl sites for hydroxylation is 2. The molecule has 0 saturated heterocycles. The molecular formula is C27H30O. The molecule has 0 aliphatic heterocycles. The van der Waals surface area contributed by atoms with Crippen LogP contribution < -0.4 is 4.74 Å². The van der Waals surface area contributed by atoms with Crippen LogP contribution in [0.25, 0.3) is 11.1 Å². The van der Waals surface area contributed by atoms with E-state index >= 15 is 0 Å². The van der Waals surface area contributed by atoms with Crippen LogP contribution in [0.2, 0.25) is 0 Å². The number of ether oxygens (including phenoxy) is 1. The predicted molar refractivity (Wildman–Crippen MR) is 118 cm³/mol. The second-order valence-corrected chi connectivity index (χ2v) is 8.47. The Labute approximate surface area is 169 Å². The molecule has 0 atom stereocenters. The molecule has 0 aromatic heterocycles. The lowest BCUT2D eigenvalue weighted by Crippen LogP contribution is -2.10. The Morgan fingerprint density at radius 3 is 1.93 bits per heavy atom. The first-order valence-electron chi connectivity index (χ1n) is 10.5. The molecule has 3 aromatic rings.